The van der Waals surface area contributed by atoms with E-state index in [0.29, 0.717) is 0 Å². The maximum atomic E-state index is 13.1. The Morgan fingerprint density at radius 1 is 1.19 bits per heavy atom. The largest absolute Gasteiger partial charge is 0.507 e. The van der Waals surface area contributed by atoms with Gasteiger partial charge >= 0.3 is 5.97 Å². The summed E-state index contributed by atoms with van der Waals surface area (Å²) in [6.07, 6.45) is 3.33. The summed E-state index contributed by atoms with van der Waals surface area (Å²) >= 11 is 0. The average molecular weight is 504 g/mol. The van der Waals surface area contributed by atoms with E-state index < -0.39 is 59.0 Å². The summed E-state index contributed by atoms with van der Waals surface area (Å²) in [6.45, 7) is 9.01. The molecule has 1 amide bonds. The fraction of sp³-hybridized carbons (Fsp3) is 0.615. The van der Waals surface area contributed by atoms with Gasteiger partial charge in [-0.3, -0.25) is 19.2 Å². The monoisotopic (exact) mass is 503 g/mol. The fourth-order valence-electron chi connectivity index (χ4n) is 5.68. The molecule has 4 rings (SSSR count). The van der Waals surface area contributed by atoms with Gasteiger partial charge in [0.2, 0.25) is 0 Å². The van der Waals surface area contributed by atoms with Crippen LogP contribution in [0.5, 0.6) is 0 Å². The zero-order valence-corrected chi connectivity index (χ0v) is 21.3. The number of hydrogen-bond acceptors (Lipinski definition) is 9. The molecule has 10 heteroatoms. The second-order valence-electron chi connectivity index (χ2n) is 10.3. The number of amides is 1. The highest BCUT2D eigenvalue weighted by atomic mass is 16.8. The average Bonchev–Trinajstić information content (AvgIpc) is 3.46. The summed E-state index contributed by atoms with van der Waals surface area (Å²) in [5.41, 5.74) is -0.547. The first-order chi connectivity index (χ1) is 16.8. The zero-order valence-electron chi connectivity index (χ0n) is 21.3. The number of ketones is 2. The number of carbonyl (C=O) groups excluding carboxylic acids is 4. The molecule has 8 unspecified atom stereocenters. The number of aliphatic hydroxyl groups is 1. The summed E-state index contributed by atoms with van der Waals surface area (Å²) < 4.78 is 23.5. The number of allylic oxidation sites excluding steroid dienone is 3. The van der Waals surface area contributed by atoms with E-state index in [2.05, 4.69) is 5.32 Å². The Morgan fingerprint density at radius 3 is 2.50 bits per heavy atom. The van der Waals surface area contributed by atoms with Crippen molar-refractivity contribution in [2.75, 3.05) is 13.7 Å². The van der Waals surface area contributed by atoms with Crippen LogP contribution in [0.3, 0.4) is 0 Å². The normalized spacial score (nSPS) is 39.3. The predicted molar refractivity (Wildman–Crippen MR) is 125 cm³/mol. The molecule has 4 aliphatic rings. The lowest BCUT2D eigenvalue weighted by molar-refractivity contribution is -0.359. The van der Waals surface area contributed by atoms with Crippen LogP contribution in [0.2, 0.25) is 0 Å². The van der Waals surface area contributed by atoms with Gasteiger partial charge in [-0.05, 0) is 26.8 Å². The standard InChI is InChI=1S/C26H33NO9/c1-12(7-8-16(28)19-18(30)11-27-23(19)31)9-13(2)20-14(3)21-17(29)10-26(25(5,34-20)35-21)22(36-26)15(4)24(32)33-6/h7-9,13-15,20-22,28H,10-11H2,1-6H3,(H,27,31)/b8-7+,12-9+,19-16?. The number of methoxy groups -OCH3 is 1. The molecule has 0 aromatic rings. The number of fused-ring (bicyclic) bond motifs is 3. The fourth-order valence-corrected chi connectivity index (χ4v) is 5.68. The Kier molecular flexibility index (Phi) is 6.74. The van der Waals surface area contributed by atoms with E-state index in [4.69, 9.17) is 18.9 Å². The minimum Gasteiger partial charge on any atom is -0.507 e. The third-order valence-corrected chi connectivity index (χ3v) is 7.72. The van der Waals surface area contributed by atoms with E-state index in [-0.39, 0.29) is 36.2 Å². The second kappa shape index (κ2) is 9.24. The van der Waals surface area contributed by atoms with Crippen LogP contribution in [-0.2, 0) is 38.1 Å². The van der Waals surface area contributed by atoms with Crippen LogP contribution in [-0.4, -0.2) is 71.9 Å². The summed E-state index contributed by atoms with van der Waals surface area (Å²) in [7, 11) is 1.31. The number of ether oxygens (including phenoxy) is 4. The van der Waals surface area contributed by atoms with Crippen LogP contribution < -0.4 is 5.32 Å². The molecule has 10 nitrogen and oxygen atoms in total. The van der Waals surface area contributed by atoms with Gasteiger partial charge in [0.15, 0.2) is 23.0 Å². The van der Waals surface area contributed by atoms with Crippen molar-refractivity contribution in [3.63, 3.8) is 0 Å². The number of hydrogen-bond donors (Lipinski definition) is 2. The van der Waals surface area contributed by atoms with Crippen LogP contribution >= 0.6 is 0 Å². The Labute approximate surface area is 209 Å². The van der Waals surface area contributed by atoms with Crippen molar-refractivity contribution in [2.24, 2.45) is 17.8 Å². The van der Waals surface area contributed by atoms with Crippen molar-refractivity contribution >= 4 is 23.4 Å². The van der Waals surface area contributed by atoms with Gasteiger partial charge in [0, 0.05) is 18.3 Å². The lowest BCUT2D eigenvalue weighted by Gasteiger charge is -2.53. The third kappa shape index (κ3) is 4.21. The summed E-state index contributed by atoms with van der Waals surface area (Å²) in [4.78, 5) is 48.7. The number of Topliss-reactive ketones (excluding diaryl/α,β-unsaturated/α-hetero) is 2. The number of esters is 1. The molecule has 0 aromatic carbocycles. The first kappa shape index (κ1) is 26.2. The molecule has 0 saturated carbocycles. The highest BCUT2D eigenvalue weighted by Gasteiger charge is 2.77. The van der Waals surface area contributed by atoms with Crippen molar-refractivity contribution in [2.45, 2.75) is 70.7 Å². The molecule has 0 radical (unpaired) electrons. The van der Waals surface area contributed by atoms with Crippen molar-refractivity contribution < 1.29 is 43.2 Å². The Morgan fingerprint density at radius 2 is 1.89 bits per heavy atom. The molecule has 4 heterocycles. The van der Waals surface area contributed by atoms with Gasteiger partial charge in [-0.2, -0.15) is 0 Å². The predicted octanol–water partition coefficient (Wildman–Crippen LogP) is 1.69. The molecular weight excluding hydrogens is 470 g/mol. The Hall–Kier alpha value is -2.82. The molecule has 196 valence electrons. The molecule has 2 bridgehead atoms. The molecular formula is C26H33NO9. The topological polar surface area (TPSA) is 141 Å². The highest BCUT2D eigenvalue weighted by Crippen LogP contribution is 2.59. The number of rotatable bonds is 6. The van der Waals surface area contributed by atoms with Crippen LogP contribution in [0.4, 0.5) is 0 Å². The molecule has 4 fully saturated rings. The first-order valence-corrected chi connectivity index (χ1v) is 12.1. The van der Waals surface area contributed by atoms with E-state index in [1.165, 1.54) is 13.2 Å². The van der Waals surface area contributed by atoms with Crippen LogP contribution in [0.15, 0.2) is 35.1 Å². The van der Waals surface area contributed by atoms with Crippen LogP contribution in [0, 0.1) is 17.8 Å². The Bertz CT molecular complexity index is 1070. The summed E-state index contributed by atoms with van der Waals surface area (Å²) in [6, 6.07) is 0. The number of carbonyl (C=O) groups is 4. The molecule has 8 atom stereocenters. The molecule has 4 saturated heterocycles. The number of nitrogens with one attached hydrogen (secondary N) is 1. The van der Waals surface area contributed by atoms with Gasteiger partial charge in [-0.25, -0.2) is 0 Å². The molecule has 4 aliphatic heterocycles. The second-order valence-corrected chi connectivity index (χ2v) is 10.3. The van der Waals surface area contributed by atoms with Crippen molar-refractivity contribution in [3.05, 3.63) is 35.1 Å². The number of aliphatic hydroxyl groups excluding tert-OH is 1. The minimum absolute atomic E-state index is 0.0864. The lowest BCUT2D eigenvalue weighted by Crippen LogP contribution is -2.67. The van der Waals surface area contributed by atoms with Crippen LogP contribution in [0.25, 0.3) is 0 Å². The van der Waals surface area contributed by atoms with Gasteiger partial charge < -0.3 is 29.4 Å². The third-order valence-electron chi connectivity index (χ3n) is 7.72. The van der Waals surface area contributed by atoms with Crippen LogP contribution in [0.1, 0.15) is 41.0 Å². The van der Waals surface area contributed by atoms with E-state index in [0.717, 1.165) is 5.57 Å². The minimum atomic E-state index is -1.22. The van der Waals surface area contributed by atoms with E-state index in [1.54, 1.807) is 19.9 Å². The molecule has 36 heavy (non-hydrogen) atoms. The van der Waals surface area contributed by atoms with Gasteiger partial charge in [-0.15, -0.1) is 0 Å². The van der Waals surface area contributed by atoms with Gasteiger partial charge in [0.1, 0.15) is 23.5 Å². The van der Waals surface area contributed by atoms with Crippen molar-refractivity contribution in [1.29, 1.82) is 0 Å². The summed E-state index contributed by atoms with van der Waals surface area (Å²) in [5, 5.41) is 12.6. The zero-order chi connectivity index (χ0) is 26.6. The SMILES string of the molecule is COC(=O)C(C)C1OC12CC(=O)C1OC2(C)OC(C(C)/C=C(C)/C=C/C(O)=C2C(=O)CNC2=O)C1C. The van der Waals surface area contributed by atoms with Crippen molar-refractivity contribution in [1.82, 2.24) is 5.32 Å². The lowest BCUT2D eigenvalue weighted by atomic mass is 9.75. The van der Waals surface area contributed by atoms with Gasteiger partial charge in [0.25, 0.3) is 5.91 Å². The highest BCUT2D eigenvalue weighted by molar-refractivity contribution is 6.25. The molecule has 1 spiro atoms. The van der Waals surface area contributed by atoms with E-state index >= 15 is 0 Å². The molecule has 0 aromatic heterocycles. The number of epoxide rings is 1. The quantitative estimate of drug-likeness (QED) is 0.138. The van der Waals surface area contributed by atoms with Crippen molar-refractivity contribution in [3.8, 4) is 0 Å². The smallest absolute Gasteiger partial charge is 0.311 e. The first-order valence-electron chi connectivity index (χ1n) is 12.1. The van der Waals surface area contributed by atoms with E-state index in [1.807, 2.05) is 26.8 Å². The summed E-state index contributed by atoms with van der Waals surface area (Å²) in [5.74, 6) is -4.17. The molecule has 0 aliphatic carbocycles. The van der Waals surface area contributed by atoms with Gasteiger partial charge in [0.05, 0.1) is 25.7 Å². The molecule has 2 N–H and O–H groups in total. The Balaban J connectivity index is 1.53. The maximum absolute atomic E-state index is 13.1. The van der Waals surface area contributed by atoms with E-state index in [9.17, 15) is 24.3 Å². The van der Waals surface area contributed by atoms with Gasteiger partial charge in [-0.1, -0.05) is 31.6 Å². The maximum Gasteiger partial charge on any atom is 0.311 e.